The third kappa shape index (κ3) is 2.85. The number of hydrogen-bond donors (Lipinski definition) is 2. The van der Waals surface area contributed by atoms with Gasteiger partial charge in [0.25, 0.3) is 17.4 Å². The van der Waals surface area contributed by atoms with Gasteiger partial charge in [0.15, 0.2) is 0 Å². The van der Waals surface area contributed by atoms with Gasteiger partial charge in [0.1, 0.15) is 11.6 Å². The fourth-order valence-electron chi connectivity index (χ4n) is 2.16. The van der Waals surface area contributed by atoms with E-state index in [4.69, 9.17) is 16.3 Å². The van der Waals surface area contributed by atoms with Gasteiger partial charge in [0.2, 0.25) is 0 Å². The number of ether oxygens (including phenoxy) is 1. The maximum Gasteiger partial charge on any atom is 0.278 e. The van der Waals surface area contributed by atoms with Crippen molar-refractivity contribution in [2.24, 2.45) is 0 Å². The van der Waals surface area contributed by atoms with Crippen LogP contribution in [0, 0.1) is 5.82 Å². The third-order valence-electron chi connectivity index (χ3n) is 3.45. The largest absolute Gasteiger partial charge is 0.466 e. The zero-order valence-electron chi connectivity index (χ0n) is 12.0. The molecule has 1 unspecified atom stereocenters. The molecule has 1 aliphatic rings. The number of hydrogen-bond acceptors (Lipinski definition) is 3. The second-order valence-electron chi connectivity index (χ2n) is 5.19. The lowest BCUT2D eigenvalue weighted by atomic mass is 10.0. The van der Waals surface area contributed by atoms with E-state index in [-0.39, 0.29) is 5.69 Å². The predicted octanol–water partition coefficient (Wildman–Crippen LogP) is 3.21. The van der Waals surface area contributed by atoms with Crippen LogP contribution in [0.25, 0.3) is 0 Å². The molecular weight excluding hydrogens is 323 g/mol. The van der Waals surface area contributed by atoms with Crippen LogP contribution >= 0.6 is 11.6 Å². The lowest BCUT2D eigenvalue weighted by Crippen LogP contribution is -2.56. The van der Waals surface area contributed by atoms with Crippen molar-refractivity contribution in [3.8, 4) is 5.75 Å². The number of carbonyl (C=O) groups is 2. The molecule has 0 radical (unpaired) electrons. The second-order valence-corrected chi connectivity index (χ2v) is 5.63. The van der Waals surface area contributed by atoms with Crippen LogP contribution in [-0.4, -0.2) is 17.4 Å². The molecule has 2 amide bonds. The minimum Gasteiger partial charge on any atom is -0.466 e. The average molecular weight is 335 g/mol. The van der Waals surface area contributed by atoms with E-state index >= 15 is 0 Å². The van der Waals surface area contributed by atoms with Gasteiger partial charge in [0, 0.05) is 10.7 Å². The van der Waals surface area contributed by atoms with Gasteiger partial charge in [-0.3, -0.25) is 9.59 Å². The Labute approximate surface area is 136 Å². The van der Waals surface area contributed by atoms with Gasteiger partial charge in [-0.2, -0.15) is 0 Å². The first-order valence-electron chi connectivity index (χ1n) is 6.75. The summed E-state index contributed by atoms with van der Waals surface area (Å²) in [6, 6.07) is 10.0. The maximum atomic E-state index is 13.2. The van der Waals surface area contributed by atoms with E-state index < -0.39 is 23.2 Å². The van der Waals surface area contributed by atoms with Gasteiger partial charge in [-0.05, 0) is 43.3 Å². The molecule has 0 aliphatic carbocycles. The molecule has 2 aromatic carbocycles. The minimum atomic E-state index is -1.78. The zero-order chi connectivity index (χ0) is 16.6. The highest BCUT2D eigenvalue weighted by molar-refractivity contribution is 6.31. The van der Waals surface area contributed by atoms with E-state index in [9.17, 15) is 14.0 Å². The zero-order valence-corrected chi connectivity index (χ0v) is 12.8. The highest BCUT2D eigenvalue weighted by Crippen LogP contribution is 2.36. The van der Waals surface area contributed by atoms with Crippen LogP contribution in [0.1, 0.15) is 6.92 Å². The van der Waals surface area contributed by atoms with Crippen molar-refractivity contribution in [1.29, 1.82) is 0 Å². The van der Waals surface area contributed by atoms with E-state index in [0.717, 1.165) is 6.07 Å². The number of benzene rings is 2. The molecule has 1 atom stereocenters. The van der Waals surface area contributed by atoms with Crippen LogP contribution in [0.2, 0.25) is 5.02 Å². The first-order valence-corrected chi connectivity index (χ1v) is 7.13. The van der Waals surface area contributed by atoms with E-state index in [0.29, 0.717) is 16.5 Å². The van der Waals surface area contributed by atoms with Crippen molar-refractivity contribution in [2.75, 3.05) is 10.6 Å². The summed E-state index contributed by atoms with van der Waals surface area (Å²) >= 11 is 5.86. The summed E-state index contributed by atoms with van der Waals surface area (Å²) in [4.78, 5) is 24.7. The van der Waals surface area contributed by atoms with Crippen molar-refractivity contribution < 1.29 is 18.7 Å². The molecule has 3 rings (SSSR count). The van der Waals surface area contributed by atoms with Crippen LogP contribution in [0.3, 0.4) is 0 Å². The molecule has 0 bridgehead atoms. The topological polar surface area (TPSA) is 67.4 Å². The standard InChI is InChI=1S/C16H12ClFN2O3/c1-16(14(21)19-11-4-2-3-10(18)8-11)15(22)20-12-7-9(17)5-6-13(12)23-16/h2-8H,1H3,(H,19,21)(H,20,22). The summed E-state index contributed by atoms with van der Waals surface area (Å²) in [6.45, 7) is 1.34. The van der Waals surface area contributed by atoms with Gasteiger partial charge in [-0.1, -0.05) is 17.7 Å². The Kier molecular flexibility index (Phi) is 3.69. The lowest BCUT2D eigenvalue weighted by Gasteiger charge is -2.33. The summed E-state index contributed by atoms with van der Waals surface area (Å²) in [5, 5.41) is 5.49. The van der Waals surface area contributed by atoms with Gasteiger partial charge < -0.3 is 15.4 Å². The fraction of sp³-hybridized carbons (Fsp3) is 0.125. The number of carbonyl (C=O) groups excluding carboxylic acids is 2. The van der Waals surface area contributed by atoms with Crippen molar-refractivity contribution in [2.45, 2.75) is 12.5 Å². The minimum absolute atomic E-state index is 0.231. The first kappa shape index (κ1) is 15.3. The Bertz CT molecular complexity index is 812. The maximum absolute atomic E-state index is 13.2. The number of anilines is 2. The summed E-state index contributed by atoms with van der Waals surface area (Å²) in [6.07, 6.45) is 0. The van der Waals surface area contributed by atoms with Crippen molar-refractivity contribution in [1.82, 2.24) is 0 Å². The second kappa shape index (κ2) is 5.55. The van der Waals surface area contributed by atoms with Gasteiger partial charge >= 0.3 is 0 Å². The van der Waals surface area contributed by atoms with Crippen molar-refractivity contribution in [3.63, 3.8) is 0 Å². The Morgan fingerprint density at radius 1 is 1.30 bits per heavy atom. The average Bonchev–Trinajstić information content (AvgIpc) is 2.49. The third-order valence-corrected chi connectivity index (χ3v) is 3.69. The molecule has 0 spiro atoms. The van der Waals surface area contributed by atoms with Crippen LogP contribution < -0.4 is 15.4 Å². The Hall–Kier alpha value is -2.60. The van der Waals surface area contributed by atoms with Gasteiger partial charge in [-0.15, -0.1) is 0 Å². The first-order chi connectivity index (χ1) is 10.9. The lowest BCUT2D eigenvalue weighted by molar-refractivity contribution is -0.143. The monoisotopic (exact) mass is 334 g/mol. The smallest absolute Gasteiger partial charge is 0.278 e. The fourth-order valence-corrected chi connectivity index (χ4v) is 2.33. The van der Waals surface area contributed by atoms with E-state index in [1.165, 1.54) is 31.2 Å². The van der Waals surface area contributed by atoms with Crippen LogP contribution in [-0.2, 0) is 9.59 Å². The normalized spacial score (nSPS) is 19.3. The van der Waals surface area contributed by atoms with E-state index in [1.807, 2.05) is 0 Å². The highest BCUT2D eigenvalue weighted by Gasteiger charge is 2.47. The summed E-state index contributed by atoms with van der Waals surface area (Å²) in [5.74, 6) is -1.52. The number of rotatable bonds is 2. The molecule has 0 saturated carbocycles. The molecule has 0 aromatic heterocycles. The predicted molar refractivity (Wildman–Crippen MR) is 84.1 cm³/mol. The number of fused-ring (bicyclic) bond motifs is 1. The van der Waals surface area contributed by atoms with Crippen molar-refractivity contribution >= 4 is 34.8 Å². The van der Waals surface area contributed by atoms with E-state index in [1.54, 1.807) is 12.1 Å². The Morgan fingerprint density at radius 2 is 2.09 bits per heavy atom. The van der Waals surface area contributed by atoms with Crippen LogP contribution in [0.5, 0.6) is 5.75 Å². The summed E-state index contributed by atoms with van der Waals surface area (Å²) in [5.41, 5.74) is -1.17. The van der Waals surface area contributed by atoms with E-state index in [2.05, 4.69) is 10.6 Å². The SMILES string of the molecule is CC1(C(=O)Nc2cccc(F)c2)Oc2ccc(Cl)cc2NC1=O. The van der Waals surface area contributed by atoms with Crippen LogP contribution in [0.4, 0.5) is 15.8 Å². The summed E-state index contributed by atoms with van der Waals surface area (Å²) in [7, 11) is 0. The molecule has 1 aliphatic heterocycles. The molecule has 0 fully saturated rings. The van der Waals surface area contributed by atoms with Gasteiger partial charge in [-0.25, -0.2) is 4.39 Å². The van der Waals surface area contributed by atoms with Crippen molar-refractivity contribution in [3.05, 3.63) is 53.3 Å². The molecule has 23 heavy (non-hydrogen) atoms. The molecule has 0 saturated heterocycles. The number of nitrogens with one attached hydrogen (secondary N) is 2. The molecule has 7 heteroatoms. The molecular formula is C16H12ClFN2O3. The molecule has 2 aromatic rings. The number of amides is 2. The molecule has 1 heterocycles. The highest BCUT2D eigenvalue weighted by atomic mass is 35.5. The quantitative estimate of drug-likeness (QED) is 0.829. The molecule has 5 nitrogen and oxygen atoms in total. The molecule has 2 N–H and O–H groups in total. The summed E-state index contributed by atoms with van der Waals surface area (Å²) < 4.78 is 18.8. The van der Waals surface area contributed by atoms with Crippen LogP contribution in [0.15, 0.2) is 42.5 Å². The Balaban J connectivity index is 1.87. The number of halogens is 2. The Morgan fingerprint density at radius 3 is 2.83 bits per heavy atom. The molecule has 118 valence electrons. The van der Waals surface area contributed by atoms with Gasteiger partial charge in [0.05, 0.1) is 5.69 Å².